The lowest BCUT2D eigenvalue weighted by Gasteiger charge is -2.42. The van der Waals surface area contributed by atoms with E-state index in [1.54, 1.807) is 9.80 Å². The summed E-state index contributed by atoms with van der Waals surface area (Å²) in [5, 5.41) is 16.1. The van der Waals surface area contributed by atoms with Crippen LogP contribution in [0.5, 0.6) is 0 Å². The molecule has 2 fully saturated rings. The molecule has 3 rings (SSSR count). The molecule has 0 radical (unpaired) electrons. The summed E-state index contributed by atoms with van der Waals surface area (Å²) in [6.07, 6.45) is 1.39. The van der Waals surface area contributed by atoms with E-state index in [0.29, 0.717) is 39.4 Å². The zero-order valence-corrected chi connectivity index (χ0v) is 10.8. The number of morpholine rings is 1. The lowest BCUT2D eigenvalue weighted by Crippen LogP contribution is -2.57. The van der Waals surface area contributed by atoms with Crippen molar-refractivity contribution in [2.45, 2.75) is 6.04 Å². The van der Waals surface area contributed by atoms with Gasteiger partial charge in [0.25, 0.3) is 0 Å². The summed E-state index contributed by atoms with van der Waals surface area (Å²) in [6.45, 7) is 3.44. The van der Waals surface area contributed by atoms with Crippen molar-refractivity contribution in [3.05, 3.63) is 11.9 Å². The van der Waals surface area contributed by atoms with E-state index in [1.165, 1.54) is 10.9 Å². The van der Waals surface area contributed by atoms with E-state index in [9.17, 15) is 9.59 Å². The second kappa shape index (κ2) is 5.08. The molecule has 0 unspecified atom stereocenters. The van der Waals surface area contributed by atoms with Gasteiger partial charge in [-0.2, -0.15) is 0 Å². The van der Waals surface area contributed by atoms with Crippen LogP contribution in [0.2, 0.25) is 0 Å². The Kier molecular flexibility index (Phi) is 3.26. The van der Waals surface area contributed by atoms with Crippen LogP contribution in [0, 0.1) is 0 Å². The number of carbonyl (C=O) groups excluding carboxylic acids is 1. The molecule has 108 valence electrons. The van der Waals surface area contributed by atoms with Gasteiger partial charge in [-0.1, -0.05) is 5.21 Å². The molecule has 9 heteroatoms. The van der Waals surface area contributed by atoms with E-state index >= 15 is 0 Å². The third-order valence-corrected chi connectivity index (χ3v) is 3.52. The average Bonchev–Trinajstić information content (AvgIpc) is 2.87. The van der Waals surface area contributed by atoms with Crippen molar-refractivity contribution < 1.29 is 19.4 Å². The number of nitrogens with zero attached hydrogens (tertiary/aromatic N) is 5. The summed E-state index contributed by atoms with van der Waals surface area (Å²) < 4.78 is 6.71. The number of carboxylic acids is 1. The highest BCUT2D eigenvalue weighted by atomic mass is 16.5. The van der Waals surface area contributed by atoms with Crippen molar-refractivity contribution in [2.24, 2.45) is 0 Å². The molecule has 2 aliphatic rings. The molecule has 0 aliphatic carbocycles. The smallest absolute Gasteiger partial charge is 0.358 e. The minimum absolute atomic E-state index is 0.000547. The fourth-order valence-electron chi connectivity index (χ4n) is 2.29. The quantitative estimate of drug-likeness (QED) is 0.768. The van der Waals surface area contributed by atoms with E-state index in [1.807, 2.05) is 0 Å². The Morgan fingerprint density at radius 3 is 2.55 bits per heavy atom. The topological polar surface area (TPSA) is 101 Å². The highest BCUT2D eigenvalue weighted by molar-refractivity contribution is 5.84. The Labute approximate surface area is 114 Å². The van der Waals surface area contributed by atoms with E-state index in [-0.39, 0.29) is 17.8 Å². The van der Waals surface area contributed by atoms with Crippen LogP contribution >= 0.6 is 0 Å². The first-order valence-electron chi connectivity index (χ1n) is 6.42. The summed E-state index contributed by atoms with van der Waals surface area (Å²) in [5.74, 6) is -1.10. The summed E-state index contributed by atoms with van der Waals surface area (Å²) in [7, 11) is 0. The fourth-order valence-corrected chi connectivity index (χ4v) is 2.29. The third-order valence-electron chi connectivity index (χ3n) is 3.52. The van der Waals surface area contributed by atoms with Crippen LogP contribution in [0.15, 0.2) is 6.20 Å². The maximum absolute atomic E-state index is 12.1. The minimum atomic E-state index is -1.10. The van der Waals surface area contributed by atoms with Gasteiger partial charge >= 0.3 is 12.0 Å². The summed E-state index contributed by atoms with van der Waals surface area (Å²) in [4.78, 5) is 26.3. The molecule has 3 heterocycles. The number of ether oxygens (including phenoxy) is 1. The van der Waals surface area contributed by atoms with Gasteiger partial charge in [0.05, 0.1) is 25.5 Å². The Balaban J connectivity index is 1.55. The van der Waals surface area contributed by atoms with Crippen molar-refractivity contribution >= 4 is 12.0 Å². The second-order valence-corrected chi connectivity index (χ2v) is 4.83. The molecule has 2 amide bonds. The molecule has 0 spiro atoms. The van der Waals surface area contributed by atoms with Crippen LogP contribution in [0.25, 0.3) is 0 Å². The highest BCUT2D eigenvalue weighted by Crippen LogP contribution is 2.22. The number of likely N-dealkylation sites (tertiary alicyclic amines) is 1. The number of hydrogen-bond donors (Lipinski definition) is 1. The third kappa shape index (κ3) is 2.31. The highest BCUT2D eigenvalue weighted by Gasteiger charge is 2.35. The average molecular weight is 281 g/mol. The number of hydrogen-bond acceptors (Lipinski definition) is 5. The molecule has 1 aromatic heterocycles. The zero-order chi connectivity index (χ0) is 14.1. The monoisotopic (exact) mass is 281 g/mol. The first-order valence-corrected chi connectivity index (χ1v) is 6.42. The maximum Gasteiger partial charge on any atom is 0.358 e. The number of amides is 2. The van der Waals surface area contributed by atoms with Gasteiger partial charge in [0.2, 0.25) is 0 Å². The van der Waals surface area contributed by atoms with Gasteiger partial charge in [-0.3, -0.25) is 0 Å². The molecule has 0 atom stereocenters. The predicted octanol–water partition coefficient (Wildman–Crippen LogP) is -0.715. The first-order chi connectivity index (χ1) is 9.65. The van der Waals surface area contributed by atoms with Crippen LogP contribution in [-0.4, -0.2) is 81.3 Å². The maximum atomic E-state index is 12.1. The van der Waals surface area contributed by atoms with E-state index in [4.69, 9.17) is 9.84 Å². The standard InChI is InChI=1S/C11H15N5O4/c17-10(18)9-7-16(13-12-9)8-5-15(6-8)11(19)14-1-3-20-4-2-14/h7-8H,1-6H2,(H,17,18). The molecule has 2 aliphatic heterocycles. The number of carbonyl (C=O) groups is 2. The Morgan fingerprint density at radius 2 is 1.95 bits per heavy atom. The SMILES string of the molecule is O=C(O)c1cn(C2CN(C(=O)N3CCOCC3)C2)nn1. The normalized spacial score (nSPS) is 19.8. The van der Waals surface area contributed by atoms with E-state index in [0.717, 1.165) is 0 Å². The van der Waals surface area contributed by atoms with Crippen molar-refractivity contribution in [2.75, 3.05) is 39.4 Å². The molecule has 2 saturated heterocycles. The van der Waals surface area contributed by atoms with Gasteiger partial charge in [-0.15, -0.1) is 5.10 Å². The second-order valence-electron chi connectivity index (χ2n) is 4.83. The van der Waals surface area contributed by atoms with E-state index in [2.05, 4.69) is 10.3 Å². The van der Waals surface area contributed by atoms with Crippen LogP contribution in [0.3, 0.4) is 0 Å². The first kappa shape index (κ1) is 12.9. The molecule has 0 saturated carbocycles. The van der Waals surface area contributed by atoms with Gasteiger partial charge in [-0.05, 0) is 0 Å². The molecular weight excluding hydrogens is 266 g/mol. The predicted molar refractivity (Wildman–Crippen MR) is 65.4 cm³/mol. The van der Waals surface area contributed by atoms with Crippen molar-refractivity contribution in [1.29, 1.82) is 0 Å². The lowest BCUT2D eigenvalue weighted by atomic mass is 10.1. The minimum Gasteiger partial charge on any atom is -0.476 e. The Morgan fingerprint density at radius 1 is 1.25 bits per heavy atom. The van der Waals surface area contributed by atoms with Gasteiger partial charge in [0.1, 0.15) is 0 Å². The fraction of sp³-hybridized carbons (Fsp3) is 0.636. The van der Waals surface area contributed by atoms with Crippen molar-refractivity contribution in [1.82, 2.24) is 24.8 Å². The number of rotatable bonds is 2. The molecular formula is C11H15N5O4. The molecule has 0 bridgehead atoms. The zero-order valence-electron chi connectivity index (χ0n) is 10.8. The largest absolute Gasteiger partial charge is 0.476 e. The van der Waals surface area contributed by atoms with Crippen LogP contribution < -0.4 is 0 Å². The van der Waals surface area contributed by atoms with E-state index < -0.39 is 5.97 Å². The summed E-state index contributed by atoms with van der Waals surface area (Å²) >= 11 is 0. The summed E-state index contributed by atoms with van der Waals surface area (Å²) in [6, 6.07) is 0.00344. The van der Waals surface area contributed by atoms with Crippen LogP contribution in [0.4, 0.5) is 4.79 Å². The summed E-state index contributed by atoms with van der Waals surface area (Å²) in [5.41, 5.74) is -0.0806. The number of urea groups is 1. The number of carboxylic acid groups (broad SMARTS) is 1. The number of aromatic carboxylic acids is 1. The van der Waals surface area contributed by atoms with Gasteiger partial charge in [-0.25, -0.2) is 14.3 Å². The van der Waals surface area contributed by atoms with Gasteiger partial charge < -0.3 is 19.6 Å². The molecule has 0 aromatic carbocycles. The molecule has 9 nitrogen and oxygen atoms in total. The van der Waals surface area contributed by atoms with Crippen LogP contribution in [-0.2, 0) is 4.74 Å². The van der Waals surface area contributed by atoms with Gasteiger partial charge in [0.15, 0.2) is 5.69 Å². The van der Waals surface area contributed by atoms with Crippen molar-refractivity contribution in [3.8, 4) is 0 Å². The molecule has 1 aromatic rings. The molecule has 20 heavy (non-hydrogen) atoms. The Hall–Kier alpha value is -2.16. The molecule has 1 N–H and O–H groups in total. The number of aromatic nitrogens is 3. The lowest BCUT2D eigenvalue weighted by molar-refractivity contribution is 0.0288. The van der Waals surface area contributed by atoms with Crippen molar-refractivity contribution in [3.63, 3.8) is 0 Å². The van der Waals surface area contributed by atoms with Crippen LogP contribution in [0.1, 0.15) is 16.5 Å². The van der Waals surface area contributed by atoms with Gasteiger partial charge in [0, 0.05) is 26.2 Å². The Bertz CT molecular complexity index is 519.